The van der Waals surface area contributed by atoms with Crippen LogP contribution in [0.2, 0.25) is 0 Å². The Morgan fingerprint density at radius 1 is 1.25 bits per heavy atom. The molecule has 5 nitrogen and oxygen atoms in total. The minimum Gasteiger partial charge on any atom is -0.376 e. The fraction of sp³-hybridized carbons (Fsp3) is 0.714. The van der Waals surface area contributed by atoms with Crippen LogP contribution in [-0.2, 0) is 4.74 Å². The largest absolute Gasteiger partial charge is 0.376 e. The second kappa shape index (κ2) is 8.32. The maximum absolute atomic E-state index is 5.89. The van der Waals surface area contributed by atoms with Crippen LogP contribution in [0.15, 0.2) is 11.2 Å². The number of anilines is 2. The van der Waals surface area contributed by atoms with Crippen LogP contribution in [0.1, 0.15) is 32.1 Å². The summed E-state index contributed by atoms with van der Waals surface area (Å²) < 4.78 is 5.89. The summed E-state index contributed by atoms with van der Waals surface area (Å²) >= 11 is 1.54. The number of thioether (sulfide) groups is 1. The van der Waals surface area contributed by atoms with Gasteiger partial charge in [-0.25, -0.2) is 9.97 Å². The van der Waals surface area contributed by atoms with Gasteiger partial charge in [0.15, 0.2) is 5.16 Å². The zero-order valence-electron chi connectivity index (χ0n) is 12.3. The normalized spacial score (nSPS) is 16.1. The summed E-state index contributed by atoms with van der Waals surface area (Å²) in [5.41, 5.74) is 0. The van der Waals surface area contributed by atoms with E-state index in [4.69, 9.17) is 4.74 Å². The van der Waals surface area contributed by atoms with Gasteiger partial charge in [-0.05, 0) is 19.1 Å². The number of ether oxygens (including phenoxy) is 1. The lowest BCUT2D eigenvalue weighted by molar-refractivity contribution is 0.0347. The summed E-state index contributed by atoms with van der Waals surface area (Å²) in [4.78, 5) is 8.77. The van der Waals surface area contributed by atoms with Gasteiger partial charge >= 0.3 is 0 Å². The van der Waals surface area contributed by atoms with Gasteiger partial charge in [0.25, 0.3) is 0 Å². The predicted octanol–water partition coefficient (Wildman–Crippen LogP) is 3.00. The summed E-state index contributed by atoms with van der Waals surface area (Å²) in [7, 11) is 1.86. The lowest BCUT2D eigenvalue weighted by Crippen LogP contribution is -2.20. The number of nitrogens with zero attached hydrogens (tertiary/aromatic N) is 2. The maximum atomic E-state index is 5.89. The fourth-order valence-corrected chi connectivity index (χ4v) is 2.75. The lowest BCUT2D eigenvalue weighted by atomic mass is 9.98. The van der Waals surface area contributed by atoms with Crippen molar-refractivity contribution >= 4 is 23.4 Å². The summed E-state index contributed by atoms with van der Waals surface area (Å²) in [5.74, 6) is 1.68. The molecule has 112 valence electrons. The molecule has 1 aromatic heterocycles. The van der Waals surface area contributed by atoms with Crippen LogP contribution in [0.3, 0.4) is 0 Å². The van der Waals surface area contributed by atoms with Crippen molar-refractivity contribution in [3.63, 3.8) is 0 Å². The highest BCUT2D eigenvalue weighted by molar-refractivity contribution is 7.98. The van der Waals surface area contributed by atoms with Gasteiger partial charge < -0.3 is 15.4 Å². The molecule has 1 heterocycles. The molecule has 0 atom stereocenters. The van der Waals surface area contributed by atoms with Crippen molar-refractivity contribution in [2.45, 2.75) is 43.4 Å². The molecule has 2 rings (SSSR count). The summed E-state index contributed by atoms with van der Waals surface area (Å²) in [6.07, 6.45) is 8.86. The van der Waals surface area contributed by atoms with E-state index in [9.17, 15) is 0 Å². The molecule has 0 aromatic carbocycles. The van der Waals surface area contributed by atoms with Crippen LogP contribution in [-0.4, -0.2) is 42.5 Å². The van der Waals surface area contributed by atoms with Crippen LogP contribution in [0.25, 0.3) is 0 Å². The van der Waals surface area contributed by atoms with Crippen LogP contribution < -0.4 is 10.6 Å². The summed E-state index contributed by atoms with van der Waals surface area (Å²) in [6, 6.07) is 1.92. The third kappa shape index (κ3) is 4.83. The fourth-order valence-electron chi connectivity index (χ4n) is 2.37. The first-order chi connectivity index (χ1) is 9.81. The first kappa shape index (κ1) is 15.4. The molecule has 2 N–H and O–H groups in total. The van der Waals surface area contributed by atoms with Gasteiger partial charge in [0.05, 0.1) is 12.7 Å². The van der Waals surface area contributed by atoms with Crippen molar-refractivity contribution < 1.29 is 4.74 Å². The van der Waals surface area contributed by atoms with Crippen LogP contribution >= 0.6 is 11.8 Å². The molecule has 0 unspecified atom stereocenters. The van der Waals surface area contributed by atoms with E-state index in [1.807, 2.05) is 19.4 Å². The zero-order chi connectivity index (χ0) is 14.2. The van der Waals surface area contributed by atoms with Gasteiger partial charge in [-0.3, -0.25) is 0 Å². The van der Waals surface area contributed by atoms with Gasteiger partial charge in [-0.1, -0.05) is 31.0 Å². The lowest BCUT2D eigenvalue weighted by Gasteiger charge is -2.22. The van der Waals surface area contributed by atoms with E-state index in [1.165, 1.54) is 32.1 Å². The average Bonchev–Trinajstić information content (AvgIpc) is 2.52. The molecular formula is C14H24N4OS. The van der Waals surface area contributed by atoms with Crippen molar-refractivity contribution in [2.75, 3.05) is 37.1 Å². The quantitative estimate of drug-likeness (QED) is 0.458. The van der Waals surface area contributed by atoms with E-state index in [1.54, 1.807) is 11.8 Å². The van der Waals surface area contributed by atoms with Gasteiger partial charge in [-0.15, -0.1) is 0 Å². The minimum atomic E-state index is 0.463. The monoisotopic (exact) mass is 296 g/mol. The molecule has 0 amide bonds. The molecule has 1 fully saturated rings. The first-order valence-electron chi connectivity index (χ1n) is 7.28. The number of aromatic nitrogens is 2. The average molecular weight is 296 g/mol. The molecular weight excluding hydrogens is 272 g/mol. The maximum Gasteiger partial charge on any atom is 0.191 e. The second-order valence-corrected chi connectivity index (χ2v) is 5.71. The molecule has 0 saturated heterocycles. The number of nitrogens with one attached hydrogen (secondary N) is 2. The van der Waals surface area contributed by atoms with Crippen molar-refractivity contribution in [1.29, 1.82) is 0 Å². The Balaban J connectivity index is 1.75. The molecule has 0 spiro atoms. The summed E-state index contributed by atoms with van der Waals surface area (Å²) in [6.45, 7) is 1.52. The molecule has 0 aliphatic heterocycles. The van der Waals surface area contributed by atoms with E-state index in [0.29, 0.717) is 6.10 Å². The molecule has 6 heteroatoms. The van der Waals surface area contributed by atoms with Crippen molar-refractivity contribution in [2.24, 2.45) is 0 Å². The number of hydrogen-bond donors (Lipinski definition) is 2. The van der Waals surface area contributed by atoms with Crippen molar-refractivity contribution in [3.05, 3.63) is 6.07 Å². The van der Waals surface area contributed by atoms with Crippen LogP contribution in [0.5, 0.6) is 0 Å². The molecule has 20 heavy (non-hydrogen) atoms. The molecule has 1 aromatic rings. The highest BCUT2D eigenvalue weighted by Gasteiger charge is 2.13. The SMILES string of the molecule is CNc1cc(NCCOC2CCCCC2)nc(SC)n1. The Morgan fingerprint density at radius 3 is 2.70 bits per heavy atom. The molecule has 1 aliphatic carbocycles. The van der Waals surface area contributed by atoms with E-state index in [-0.39, 0.29) is 0 Å². The first-order valence-corrected chi connectivity index (χ1v) is 8.50. The van der Waals surface area contributed by atoms with E-state index >= 15 is 0 Å². The number of rotatable bonds is 7. The highest BCUT2D eigenvalue weighted by atomic mass is 32.2. The molecule has 0 radical (unpaired) electrons. The Labute approximate surface area is 125 Å². The van der Waals surface area contributed by atoms with Gasteiger partial charge in [0, 0.05) is 19.7 Å². The Morgan fingerprint density at radius 2 is 2.00 bits per heavy atom. The van der Waals surface area contributed by atoms with Gasteiger partial charge in [-0.2, -0.15) is 0 Å². The third-order valence-corrected chi connectivity index (χ3v) is 4.01. The standard InChI is InChI=1S/C14H24N4OS/c1-15-12-10-13(18-14(17-12)20-2)16-8-9-19-11-6-4-3-5-7-11/h10-11H,3-9H2,1-2H3,(H2,15,16,17,18). The Kier molecular flexibility index (Phi) is 6.39. The second-order valence-electron chi connectivity index (χ2n) is 4.93. The summed E-state index contributed by atoms with van der Waals surface area (Å²) in [5, 5.41) is 7.12. The predicted molar refractivity (Wildman–Crippen MR) is 84.7 cm³/mol. The van der Waals surface area contributed by atoms with Gasteiger partial charge in [0.2, 0.25) is 0 Å². The van der Waals surface area contributed by atoms with Crippen LogP contribution in [0, 0.1) is 0 Å². The Hall–Kier alpha value is -1.01. The van der Waals surface area contributed by atoms with E-state index in [2.05, 4.69) is 20.6 Å². The molecule has 0 bridgehead atoms. The molecule has 1 aliphatic rings. The topological polar surface area (TPSA) is 59.1 Å². The zero-order valence-corrected chi connectivity index (χ0v) is 13.1. The van der Waals surface area contributed by atoms with Crippen molar-refractivity contribution in [3.8, 4) is 0 Å². The smallest absolute Gasteiger partial charge is 0.191 e. The third-order valence-electron chi connectivity index (χ3n) is 3.46. The highest BCUT2D eigenvalue weighted by Crippen LogP contribution is 2.20. The van der Waals surface area contributed by atoms with E-state index in [0.717, 1.165) is 29.9 Å². The van der Waals surface area contributed by atoms with E-state index < -0.39 is 0 Å². The van der Waals surface area contributed by atoms with Crippen LogP contribution in [0.4, 0.5) is 11.6 Å². The van der Waals surface area contributed by atoms with Crippen molar-refractivity contribution in [1.82, 2.24) is 9.97 Å². The van der Waals surface area contributed by atoms with Gasteiger partial charge in [0.1, 0.15) is 11.6 Å². The minimum absolute atomic E-state index is 0.463. The number of hydrogen-bond acceptors (Lipinski definition) is 6. The molecule has 1 saturated carbocycles. The Bertz CT molecular complexity index is 388.